The molecule has 1 amide bonds. The third kappa shape index (κ3) is 6.26. The van der Waals surface area contributed by atoms with Crippen LogP contribution in [0, 0.1) is 20.8 Å². The van der Waals surface area contributed by atoms with Crippen molar-refractivity contribution in [1.82, 2.24) is 5.32 Å². The minimum absolute atomic E-state index is 0.0365. The summed E-state index contributed by atoms with van der Waals surface area (Å²) in [6.45, 7) is 8.79. The molecule has 3 nitrogen and oxygen atoms in total. The summed E-state index contributed by atoms with van der Waals surface area (Å²) in [6, 6.07) is 14.6. The summed E-state index contributed by atoms with van der Waals surface area (Å²) in [4.78, 5) is 12.4. The number of hydrogen-bond acceptors (Lipinski definition) is 2. The molecule has 2 rings (SSSR count). The summed E-state index contributed by atoms with van der Waals surface area (Å²) in [5.41, 5.74) is 4.86. The molecule has 3 heteroatoms. The molecule has 0 saturated heterocycles. The highest BCUT2D eigenvalue weighted by Gasteiger charge is 2.18. The van der Waals surface area contributed by atoms with Crippen molar-refractivity contribution in [3.63, 3.8) is 0 Å². The maximum Gasteiger partial charge on any atom is 0.261 e. The Morgan fingerprint density at radius 2 is 1.64 bits per heavy atom. The molecule has 0 radical (unpaired) electrons. The summed E-state index contributed by atoms with van der Waals surface area (Å²) < 4.78 is 5.90. The predicted octanol–water partition coefficient (Wildman–Crippen LogP) is 4.52. The Kier molecular flexibility index (Phi) is 7.05. The van der Waals surface area contributed by atoms with Crippen LogP contribution in [0.1, 0.15) is 42.0 Å². The van der Waals surface area contributed by atoms with Crippen LogP contribution in [-0.2, 0) is 11.2 Å². The first-order valence-electron chi connectivity index (χ1n) is 9.06. The van der Waals surface area contributed by atoms with E-state index >= 15 is 0 Å². The molecule has 0 fully saturated rings. The molecule has 0 spiro atoms. The SMILES string of the molecule is CC[C@@H](Oc1cc(C)cc(C)c1)C(=O)NCCCc1ccc(C)cc1. The Labute approximate surface area is 151 Å². The first kappa shape index (κ1) is 19.0. The lowest BCUT2D eigenvalue weighted by Crippen LogP contribution is -2.38. The van der Waals surface area contributed by atoms with E-state index in [1.54, 1.807) is 0 Å². The maximum atomic E-state index is 12.4. The van der Waals surface area contributed by atoms with E-state index in [9.17, 15) is 4.79 Å². The van der Waals surface area contributed by atoms with Crippen molar-refractivity contribution in [2.24, 2.45) is 0 Å². The van der Waals surface area contributed by atoms with Crippen molar-refractivity contribution >= 4 is 5.91 Å². The van der Waals surface area contributed by atoms with E-state index in [4.69, 9.17) is 4.74 Å². The molecular weight excluding hydrogens is 310 g/mol. The van der Waals surface area contributed by atoms with Crippen LogP contribution >= 0.6 is 0 Å². The van der Waals surface area contributed by atoms with Crippen LogP contribution in [0.3, 0.4) is 0 Å². The van der Waals surface area contributed by atoms with Gasteiger partial charge in [-0.15, -0.1) is 0 Å². The molecule has 0 aliphatic rings. The topological polar surface area (TPSA) is 38.3 Å². The van der Waals surface area contributed by atoms with Crippen LogP contribution in [0.25, 0.3) is 0 Å². The van der Waals surface area contributed by atoms with E-state index in [0.717, 1.165) is 29.7 Å². The van der Waals surface area contributed by atoms with E-state index in [-0.39, 0.29) is 5.91 Å². The Balaban J connectivity index is 1.80. The van der Waals surface area contributed by atoms with Crippen LogP contribution in [0.15, 0.2) is 42.5 Å². The molecule has 0 aliphatic carbocycles. The zero-order chi connectivity index (χ0) is 18.2. The number of ether oxygens (including phenoxy) is 1. The molecular formula is C22H29NO2. The van der Waals surface area contributed by atoms with Gasteiger partial charge in [0.1, 0.15) is 5.75 Å². The molecule has 134 valence electrons. The number of carbonyl (C=O) groups is 1. The quantitative estimate of drug-likeness (QED) is 0.718. The van der Waals surface area contributed by atoms with Crippen LogP contribution in [0.5, 0.6) is 5.75 Å². The van der Waals surface area contributed by atoms with Gasteiger partial charge in [-0.3, -0.25) is 4.79 Å². The lowest BCUT2D eigenvalue weighted by atomic mass is 10.1. The van der Waals surface area contributed by atoms with Gasteiger partial charge >= 0.3 is 0 Å². The van der Waals surface area contributed by atoms with Crippen molar-refractivity contribution in [3.05, 3.63) is 64.7 Å². The lowest BCUT2D eigenvalue weighted by Gasteiger charge is -2.18. The van der Waals surface area contributed by atoms with Gasteiger partial charge in [0, 0.05) is 6.54 Å². The Morgan fingerprint density at radius 1 is 1.00 bits per heavy atom. The van der Waals surface area contributed by atoms with E-state index in [1.165, 1.54) is 11.1 Å². The van der Waals surface area contributed by atoms with E-state index in [0.29, 0.717) is 13.0 Å². The monoisotopic (exact) mass is 339 g/mol. The summed E-state index contributed by atoms with van der Waals surface area (Å²) >= 11 is 0. The van der Waals surface area contributed by atoms with E-state index in [1.807, 2.05) is 32.9 Å². The zero-order valence-corrected chi connectivity index (χ0v) is 15.8. The van der Waals surface area contributed by atoms with Crippen molar-refractivity contribution in [2.75, 3.05) is 6.54 Å². The van der Waals surface area contributed by atoms with Gasteiger partial charge in [0.15, 0.2) is 6.10 Å². The van der Waals surface area contributed by atoms with Gasteiger partial charge in [-0.25, -0.2) is 0 Å². The number of benzene rings is 2. The number of hydrogen-bond donors (Lipinski definition) is 1. The third-order valence-electron chi connectivity index (χ3n) is 4.20. The normalized spacial score (nSPS) is 11.8. The highest BCUT2D eigenvalue weighted by atomic mass is 16.5. The number of amides is 1. The number of rotatable bonds is 8. The molecule has 2 aromatic carbocycles. The highest BCUT2D eigenvalue weighted by molar-refractivity contribution is 5.81. The van der Waals surface area contributed by atoms with Gasteiger partial charge < -0.3 is 10.1 Å². The Morgan fingerprint density at radius 3 is 2.24 bits per heavy atom. The first-order chi connectivity index (χ1) is 12.0. The second-order valence-electron chi connectivity index (χ2n) is 6.72. The average molecular weight is 339 g/mol. The summed E-state index contributed by atoms with van der Waals surface area (Å²) in [7, 11) is 0. The van der Waals surface area contributed by atoms with Gasteiger partial charge in [0.05, 0.1) is 0 Å². The standard InChI is InChI=1S/C22H29NO2/c1-5-21(25-20-14-17(3)13-18(4)15-20)22(24)23-12-6-7-19-10-8-16(2)9-11-19/h8-11,13-15,21H,5-7,12H2,1-4H3,(H,23,24)/t21-/m1/s1. The fraction of sp³-hybridized carbons (Fsp3) is 0.409. The molecule has 0 unspecified atom stereocenters. The van der Waals surface area contributed by atoms with Gasteiger partial charge in [-0.2, -0.15) is 0 Å². The second-order valence-corrected chi connectivity index (χ2v) is 6.72. The number of nitrogens with one attached hydrogen (secondary N) is 1. The molecule has 0 bridgehead atoms. The van der Waals surface area contributed by atoms with Crippen LogP contribution in [0.4, 0.5) is 0 Å². The first-order valence-corrected chi connectivity index (χ1v) is 9.06. The maximum absolute atomic E-state index is 12.4. The minimum atomic E-state index is -0.444. The van der Waals surface area contributed by atoms with E-state index in [2.05, 4.69) is 42.6 Å². The van der Waals surface area contributed by atoms with Crippen molar-refractivity contribution in [3.8, 4) is 5.75 Å². The molecule has 1 atom stereocenters. The van der Waals surface area contributed by atoms with Crippen LogP contribution < -0.4 is 10.1 Å². The summed E-state index contributed by atoms with van der Waals surface area (Å²) in [5.74, 6) is 0.727. The third-order valence-corrected chi connectivity index (χ3v) is 4.20. The molecule has 25 heavy (non-hydrogen) atoms. The summed E-state index contributed by atoms with van der Waals surface area (Å²) in [5, 5.41) is 3.00. The fourth-order valence-corrected chi connectivity index (χ4v) is 2.86. The van der Waals surface area contributed by atoms with Gasteiger partial charge in [-0.05, 0) is 68.9 Å². The molecule has 0 aromatic heterocycles. The molecule has 0 aliphatic heterocycles. The smallest absolute Gasteiger partial charge is 0.261 e. The number of carbonyl (C=O) groups excluding carboxylic acids is 1. The fourth-order valence-electron chi connectivity index (χ4n) is 2.86. The van der Waals surface area contributed by atoms with Gasteiger partial charge in [0.25, 0.3) is 5.91 Å². The molecule has 0 heterocycles. The van der Waals surface area contributed by atoms with Crippen molar-refractivity contribution in [2.45, 2.75) is 53.1 Å². The van der Waals surface area contributed by atoms with Crippen molar-refractivity contribution in [1.29, 1.82) is 0 Å². The molecule has 2 aromatic rings. The molecule has 1 N–H and O–H groups in total. The average Bonchev–Trinajstić information content (AvgIpc) is 2.57. The van der Waals surface area contributed by atoms with Gasteiger partial charge in [0.2, 0.25) is 0 Å². The lowest BCUT2D eigenvalue weighted by molar-refractivity contribution is -0.128. The van der Waals surface area contributed by atoms with Crippen LogP contribution in [0.2, 0.25) is 0 Å². The van der Waals surface area contributed by atoms with Crippen molar-refractivity contribution < 1.29 is 9.53 Å². The number of aryl methyl sites for hydroxylation is 4. The largest absolute Gasteiger partial charge is 0.481 e. The molecule has 0 saturated carbocycles. The zero-order valence-electron chi connectivity index (χ0n) is 15.8. The van der Waals surface area contributed by atoms with Crippen LogP contribution in [-0.4, -0.2) is 18.6 Å². The second kappa shape index (κ2) is 9.26. The van der Waals surface area contributed by atoms with E-state index < -0.39 is 6.10 Å². The Bertz CT molecular complexity index is 671. The Hall–Kier alpha value is -2.29. The predicted molar refractivity (Wildman–Crippen MR) is 103 cm³/mol. The van der Waals surface area contributed by atoms with Gasteiger partial charge in [-0.1, -0.05) is 42.8 Å². The summed E-state index contributed by atoms with van der Waals surface area (Å²) in [6.07, 6.45) is 2.10. The minimum Gasteiger partial charge on any atom is -0.481 e. The highest BCUT2D eigenvalue weighted by Crippen LogP contribution is 2.18.